The molecule has 0 aromatic carbocycles. The van der Waals surface area contributed by atoms with Crippen LogP contribution in [0.4, 0.5) is 0 Å². The molecule has 2 fully saturated rings. The molecule has 1 aliphatic heterocycles. The maximum absolute atomic E-state index is 11.6. The number of amides is 1. The van der Waals surface area contributed by atoms with Crippen molar-refractivity contribution in [2.45, 2.75) is 31.9 Å². The lowest BCUT2D eigenvalue weighted by atomic mass is 9.89. The van der Waals surface area contributed by atoms with Crippen molar-refractivity contribution in [3.8, 4) is 0 Å². The highest BCUT2D eigenvalue weighted by atomic mass is 16.3. The predicted octanol–water partition coefficient (Wildman–Crippen LogP) is -0.454. The Labute approximate surface area is 83.4 Å². The number of hydrogen-bond donors (Lipinski definition) is 3. The first-order chi connectivity index (χ1) is 6.66. The van der Waals surface area contributed by atoms with Crippen molar-refractivity contribution < 1.29 is 9.90 Å². The Bertz CT molecular complexity index is 274. The van der Waals surface area contributed by atoms with Gasteiger partial charge in [0.25, 0.3) is 0 Å². The number of aliphatic hydroxyl groups excluding tert-OH is 1. The van der Waals surface area contributed by atoms with Gasteiger partial charge in [0.15, 0.2) is 0 Å². The summed E-state index contributed by atoms with van der Waals surface area (Å²) in [5.41, 5.74) is 2.03. The highest BCUT2D eigenvalue weighted by Gasteiger charge is 2.29. The van der Waals surface area contributed by atoms with Gasteiger partial charge in [0.05, 0.1) is 6.10 Å². The summed E-state index contributed by atoms with van der Waals surface area (Å²) in [7, 11) is 0. The van der Waals surface area contributed by atoms with Crippen LogP contribution in [0.15, 0.2) is 11.1 Å². The largest absolute Gasteiger partial charge is 0.393 e. The van der Waals surface area contributed by atoms with Crippen molar-refractivity contribution >= 4 is 5.91 Å². The van der Waals surface area contributed by atoms with Crippen LogP contribution in [0.1, 0.15) is 19.8 Å². The van der Waals surface area contributed by atoms with Crippen LogP contribution in [0.25, 0.3) is 0 Å². The fourth-order valence-corrected chi connectivity index (χ4v) is 1.68. The van der Waals surface area contributed by atoms with E-state index in [2.05, 4.69) is 10.6 Å². The Hall–Kier alpha value is -0.870. The van der Waals surface area contributed by atoms with E-state index in [4.69, 9.17) is 5.11 Å². The van der Waals surface area contributed by atoms with Crippen LogP contribution in [-0.4, -0.2) is 36.2 Å². The van der Waals surface area contributed by atoms with Crippen LogP contribution < -0.4 is 10.6 Å². The van der Waals surface area contributed by atoms with Gasteiger partial charge in [0.1, 0.15) is 0 Å². The van der Waals surface area contributed by atoms with Crippen molar-refractivity contribution in [1.82, 2.24) is 10.6 Å². The molecule has 0 aromatic rings. The second-order valence-electron chi connectivity index (χ2n) is 4.13. The summed E-state index contributed by atoms with van der Waals surface area (Å²) in [6.45, 7) is 3.54. The van der Waals surface area contributed by atoms with Gasteiger partial charge < -0.3 is 15.7 Å². The van der Waals surface area contributed by atoms with E-state index in [1.807, 2.05) is 6.92 Å². The average Bonchev–Trinajstić information content (AvgIpc) is 1.98. The van der Waals surface area contributed by atoms with Gasteiger partial charge >= 0.3 is 0 Å². The molecular weight excluding hydrogens is 180 g/mol. The maximum atomic E-state index is 11.6. The summed E-state index contributed by atoms with van der Waals surface area (Å²) in [4.78, 5) is 11.6. The van der Waals surface area contributed by atoms with Crippen LogP contribution in [0, 0.1) is 0 Å². The lowest BCUT2D eigenvalue weighted by Crippen LogP contribution is -2.48. The number of hydrogen-bond acceptors (Lipinski definition) is 3. The molecule has 0 unspecified atom stereocenters. The summed E-state index contributed by atoms with van der Waals surface area (Å²) in [5.74, 6) is 0.0263. The van der Waals surface area contributed by atoms with E-state index in [1.54, 1.807) is 0 Å². The Morgan fingerprint density at radius 1 is 1.50 bits per heavy atom. The summed E-state index contributed by atoms with van der Waals surface area (Å²) >= 11 is 0. The molecule has 2 aliphatic rings. The molecule has 2 rings (SSSR count). The number of carbonyl (C=O) groups excluding carboxylic acids is 1. The first-order valence-corrected chi connectivity index (χ1v) is 5.05. The lowest BCUT2D eigenvalue weighted by Gasteiger charge is -2.32. The van der Waals surface area contributed by atoms with Gasteiger partial charge in [0.2, 0.25) is 5.91 Å². The smallest absolute Gasteiger partial charge is 0.247 e. The molecule has 78 valence electrons. The highest BCUT2D eigenvalue weighted by Crippen LogP contribution is 2.20. The van der Waals surface area contributed by atoms with Crippen molar-refractivity contribution in [3.05, 3.63) is 11.1 Å². The van der Waals surface area contributed by atoms with Gasteiger partial charge in [-0.2, -0.15) is 0 Å². The molecule has 1 saturated heterocycles. The zero-order chi connectivity index (χ0) is 10.1. The van der Waals surface area contributed by atoms with Gasteiger partial charge in [0, 0.05) is 24.7 Å². The first-order valence-electron chi connectivity index (χ1n) is 5.05. The summed E-state index contributed by atoms with van der Waals surface area (Å²) in [6.07, 6.45) is 1.19. The molecule has 0 bridgehead atoms. The van der Waals surface area contributed by atoms with Gasteiger partial charge in [-0.3, -0.25) is 4.79 Å². The third-order valence-electron chi connectivity index (χ3n) is 3.00. The van der Waals surface area contributed by atoms with E-state index in [0.29, 0.717) is 12.8 Å². The molecule has 4 nitrogen and oxygen atoms in total. The van der Waals surface area contributed by atoms with E-state index in [0.717, 1.165) is 18.7 Å². The summed E-state index contributed by atoms with van der Waals surface area (Å²) in [6, 6.07) is 0.182. The van der Waals surface area contributed by atoms with Crippen LogP contribution in [-0.2, 0) is 4.79 Å². The lowest BCUT2D eigenvalue weighted by molar-refractivity contribution is -0.119. The number of nitrogens with one attached hydrogen (secondary N) is 2. The highest BCUT2D eigenvalue weighted by molar-refractivity contribution is 5.94. The molecule has 0 atom stereocenters. The number of rotatable bonds is 2. The summed E-state index contributed by atoms with van der Waals surface area (Å²) < 4.78 is 0. The first kappa shape index (κ1) is 9.68. The van der Waals surface area contributed by atoms with E-state index in [9.17, 15) is 4.79 Å². The van der Waals surface area contributed by atoms with Crippen LogP contribution in [0.2, 0.25) is 0 Å². The minimum Gasteiger partial charge on any atom is -0.393 e. The monoisotopic (exact) mass is 196 g/mol. The quantitative estimate of drug-likeness (QED) is 0.524. The van der Waals surface area contributed by atoms with Crippen molar-refractivity contribution in [1.29, 1.82) is 0 Å². The minimum absolute atomic E-state index is 0.0263. The Balaban J connectivity index is 1.83. The maximum Gasteiger partial charge on any atom is 0.247 e. The average molecular weight is 196 g/mol. The molecule has 0 radical (unpaired) electrons. The second-order valence-corrected chi connectivity index (χ2v) is 4.13. The zero-order valence-electron chi connectivity index (χ0n) is 8.34. The fraction of sp³-hybridized carbons (Fsp3) is 0.700. The second kappa shape index (κ2) is 3.71. The Morgan fingerprint density at radius 2 is 2.14 bits per heavy atom. The normalized spacial score (nSPS) is 30.3. The van der Waals surface area contributed by atoms with Crippen molar-refractivity contribution in [2.24, 2.45) is 0 Å². The van der Waals surface area contributed by atoms with Crippen LogP contribution in [0.5, 0.6) is 0 Å². The molecule has 0 aromatic heterocycles. The molecule has 1 aliphatic carbocycles. The Morgan fingerprint density at radius 3 is 2.57 bits per heavy atom. The van der Waals surface area contributed by atoms with Gasteiger partial charge in [-0.05, 0) is 25.3 Å². The van der Waals surface area contributed by atoms with E-state index in [-0.39, 0.29) is 18.1 Å². The standard InChI is InChI=1S/C10H16N2O2/c1-6(7-4-11-5-7)10(14)12-8-2-9(13)3-8/h8-9,11,13H,2-5H2,1H3,(H,12,14). The van der Waals surface area contributed by atoms with Gasteiger partial charge in [-0.1, -0.05) is 0 Å². The molecule has 4 heteroatoms. The topological polar surface area (TPSA) is 61.4 Å². The predicted molar refractivity (Wildman–Crippen MR) is 52.7 cm³/mol. The molecule has 1 amide bonds. The molecule has 1 saturated carbocycles. The van der Waals surface area contributed by atoms with Gasteiger partial charge in [-0.25, -0.2) is 0 Å². The van der Waals surface area contributed by atoms with Crippen LogP contribution >= 0.6 is 0 Å². The zero-order valence-corrected chi connectivity index (χ0v) is 8.34. The van der Waals surface area contributed by atoms with E-state index in [1.165, 1.54) is 5.57 Å². The SMILES string of the molecule is CC(C(=O)NC1CC(O)C1)=C1CNC1. The minimum atomic E-state index is -0.210. The number of carbonyl (C=O) groups is 1. The molecular formula is C10H16N2O2. The van der Waals surface area contributed by atoms with E-state index >= 15 is 0 Å². The van der Waals surface area contributed by atoms with Crippen LogP contribution in [0.3, 0.4) is 0 Å². The van der Waals surface area contributed by atoms with Crippen molar-refractivity contribution in [3.63, 3.8) is 0 Å². The molecule has 3 N–H and O–H groups in total. The third-order valence-corrected chi connectivity index (χ3v) is 3.00. The number of aliphatic hydroxyl groups is 1. The van der Waals surface area contributed by atoms with E-state index < -0.39 is 0 Å². The fourth-order valence-electron chi connectivity index (χ4n) is 1.68. The third kappa shape index (κ3) is 1.81. The molecule has 0 spiro atoms. The van der Waals surface area contributed by atoms with Crippen molar-refractivity contribution in [2.75, 3.05) is 13.1 Å². The molecule has 14 heavy (non-hydrogen) atoms. The van der Waals surface area contributed by atoms with Gasteiger partial charge in [-0.15, -0.1) is 0 Å². The summed E-state index contributed by atoms with van der Waals surface area (Å²) in [5, 5.41) is 15.1. The molecule has 1 heterocycles. The Kier molecular flexibility index (Phi) is 2.56.